The Labute approximate surface area is 102 Å². The minimum absolute atomic E-state index is 0.0128. The average Bonchev–Trinajstić information content (AvgIpc) is 2.21. The standard InChI is InChI=1S/C12H23N3O2/c1-8(2)10(11(13)15-17)12(16)14-7-6-9-4-3-5-9/h8-10,17H,3-7H2,1-2H3,(H2,13,15)(H,14,16). The Morgan fingerprint density at radius 3 is 2.59 bits per heavy atom. The fraction of sp³-hybridized carbons (Fsp3) is 0.833. The Hall–Kier alpha value is -1.26. The third-order valence-electron chi connectivity index (χ3n) is 3.46. The van der Waals surface area contributed by atoms with Crippen LogP contribution in [0.15, 0.2) is 5.16 Å². The van der Waals surface area contributed by atoms with Gasteiger partial charge in [0.15, 0.2) is 5.84 Å². The molecule has 0 heterocycles. The summed E-state index contributed by atoms with van der Waals surface area (Å²) >= 11 is 0. The number of oxime groups is 1. The van der Waals surface area contributed by atoms with Crippen molar-refractivity contribution < 1.29 is 10.0 Å². The Bertz CT molecular complexity index is 285. The molecule has 1 unspecified atom stereocenters. The van der Waals surface area contributed by atoms with E-state index in [4.69, 9.17) is 10.9 Å². The molecule has 0 radical (unpaired) electrons. The number of hydrogen-bond acceptors (Lipinski definition) is 3. The SMILES string of the molecule is CC(C)C(C(=O)NCCC1CCC1)C(N)=NO. The van der Waals surface area contributed by atoms with E-state index in [1.54, 1.807) is 0 Å². The third-order valence-corrected chi connectivity index (χ3v) is 3.46. The number of rotatable bonds is 6. The highest BCUT2D eigenvalue weighted by Gasteiger charge is 2.26. The predicted octanol–water partition coefficient (Wildman–Crippen LogP) is 1.31. The molecule has 1 saturated carbocycles. The molecule has 5 heteroatoms. The molecule has 1 fully saturated rings. The molecule has 0 aromatic heterocycles. The van der Waals surface area contributed by atoms with Gasteiger partial charge in [-0.2, -0.15) is 0 Å². The van der Waals surface area contributed by atoms with Crippen LogP contribution in [0.1, 0.15) is 39.5 Å². The van der Waals surface area contributed by atoms with Crippen molar-refractivity contribution in [1.82, 2.24) is 5.32 Å². The Kier molecular flexibility index (Phi) is 5.25. The summed E-state index contributed by atoms with van der Waals surface area (Å²) in [5.74, 6) is 0.100. The zero-order valence-corrected chi connectivity index (χ0v) is 10.6. The number of amides is 1. The minimum Gasteiger partial charge on any atom is -0.409 e. The van der Waals surface area contributed by atoms with Crippen LogP contribution in [0, 0.1) is 17.8 Å². The quantitative estimate of drug-likeness (QED) is 0.283. The van der Waals surface area contributed by atoms with Gasteiger partial charge < -0.3 is 16.3 Å². The van der Waals surface area contributed by atoms with Crippen LogP contribution >= 0.6 is 0 Å². The van der Waals surface area contributed by atoms with Crippen LogP contribution < -0.4 is 11.1 Å². The van der Waals surface area contributed by atoms with Crippen molar-refractivity contribution in [2.24, 2.45) is 28.6 Å². The van der Waals surface area contributed by atoms with Gasteiger partial charge in [0.25, 0.3) is 0 Å². The van der Waals surface area contributed by atoms with E-state index in [1.807, 2.05) is 13.8 Å². The molecule has 98 valence electrons. The van der Waals surface area contributed by atoms with Gasteiger partial charge >= 0.3 is 0 Å². The number of hydrogen-bond donors (Lipinski definition) is 3. The van der Waals surface area contributed by atoms with Gasteiger partial charge in [-0.25, -0.2) is 0 Å². The lowest BCUT2D eigenvalue weighted by Gasteiger charge is -2.26. The van der Waals surface area contributed by atoms with E-state index in [-0.39, 0.29) is 17.7 Å². The molecule has 1 amide bonds. The van der Waals surface area contributed by atoms with Gasteiger partial charge in [-0.15, -0.1) is 0 Å². The second-order valence-corrected chi connectivity index (χ2v) is 5.12. The summed E-state index contributed by atoms with van der Waals surface area (Å²) in [6.45, 7) is 4.45. The first-order valence-electron chi connectivity index (χ1n) is 6.31. The molecule has 17 heavy (non-hydrogen) atoms. The molecule has 1 rings (SSSR count). The molecular formula is C12H23N3O2. The highest BCUT2D eigenvalue weighted by atomic mass is 16.4. The molecule has 1 atom stereocenters. The maximum absolute atomic E-state index is 11.9. The lowest BCUT2D eigenvalue weighted by Crippen LogP contribution is -2.42. The molecule has 4 N–H and O–H groups in total. The summed E-state index contributed by atoms with van der Waals surface area (Å²) < 4.78 is 0. The van der Waals surface area contributed by atoms with E-state index < -0.39 is 5.92 Å². The Balaban J connectivity index is 2.36. The monoisotopic (exact) mass is 241 g/mol. The maximum Gasteiger partial charge on any atom is 0.231 e. The molecule has 0 aromatic carbocycles. The van der Waals surface area contributed by atoms with Gasteiger partial charge in [-0.1, -0.05) is 38.3 Å². The number of nitrogens with two attached hydrogens (primary N) is 1. The van der Waals surface area contributed by atoms with Gasteiger partial charge in [0, 0.05) is 6.54 Å². The Morgan fingerprint density at radius 2 is 2.18 bits per heavy atom. The van der Waals surface area contributed by atoms with Gasteiger partial charge in [-0.3, -0.25) is 4.79 Å². The van der Waals surface area contributed by atoms with Gasteiger partial charge in [0.05, 0.1) is 0 Å². The second-order valence-electron chi connectivity index (χ2n) is 5.12. The van der Waals surface area contributed by atoms with Crippen molar-refractivity contribution >= 4 is 11.7 Å². The molecular weight excluding hydrogens is 218 g/mol. The van der Waals surface area contributed by atoms with Crippen molar-refractivity contribution in [1.29, 1.82) is 0 Å². The summed E-state index contributed by atoms with van der Waals surface area (Å²) in [7, 11) is 0. The van der Waals surface area contributed by atoms with Crippen LogP contribution in [0.2, 0.25) is 0 Å². The summed E-state index contributed by atoms with van der Waals surface area (Å²) in [6.07, 6.45) is 4.91. The molecule has 0 aliphatic heterocycles. The van der Waals surface area contributed by atoms with Crippen molar-refractivity contribution in [3.8, 4) is 0 Å². The highest BCUT2D eigenvalue weighted by Crippen LogP contribution is 2.28. The Morgan fingerprint density at radius 1 is 1.53 bits per heavy atom. The van der Waals surface area contributed by atoms with Crippen LogP contribution in [0.25, 0.3) is 0 Å². The lowest BCUT2D eigenvalue weighted by atomic mass is 9.83. The lowest BCUT2D eigenvalue weighted by molar-refractivity contribution is -0.124. The van der Waals surface area contributed by atoms with Crippen LogP contribution in [0.3, 0.4) is 0 Å². The largest absolute Gasteiger partial charge is 0.409 e. The molecule has 0 bridgehead atoms. The summed E-state index contributed by atoms with van der Waals surface area (Å²) in [5.41, 5.74) is 5.53. The van der Waals surface area contributed by atoms with Crippen molar-refractivity contribution in [2.45, 2.75) is 39.5 Å². The molecule has 5 nitrogen and oxygen atoms in total. The first-order chi connectivity index (χ1) is 8.06. The average molecular weight is 241 g/mol. The van der Waals surface area contributed by atoms with Crippen molar-refractivity contribution in [3.63, 3.8) is 0 Å². The van der Waals surface area contributed by atoms with Gasteiger partial charge in [0.2, 0.25) is 5.91 Å². The summed E-state index contributed by atoms with van der Waals surface area (Å²) in [4.78, 5) is 11.9. The molecule has 0 spiro atoms. The number of carbonyl (C=O) groups is 1. The fourth-order valence-electron chi connectivity index (χ4n) is 2.13. The first kappa shape index (κ1) is 13.8. The number of carbonyl (C=O) groups excluding carboxylic acids is 1. The highest BCUT2D eigenvalue weighted by molar-refractivity contribution is 6.02. The topological polar surface area (TPSA) is 87.7 Å². The van der Waals surface area contributed by atoms with Gasteiger partial charge in [0.1, 0.15) is 5.92 Å². The zero-order valence-electron chi connectivity index (χ0n) is 10.6. The molecule has 1 aliphatic rings. The second kappa shape index (κ2) is 6.47. The fourth-order valence-corrected chi connectivity index (χ4v) is 2.13. The number of nitrogens with one attached hydrogen (secondary N) is 1. The molecule has 0 aromatic rings. The van der Waals surface area contributed by atoms with Crippen LogP contribution in [0.5, 0.6) is 0 Å². The van der Waals surface area contributed by atoms with Gasteiger partial charge in [-0.05, 0) is 18.3 Å². The van der Waals surface area contributed by atoms with E-state index in [2.05, 4.69) is 10.5 Å². The van der Waals surface area contributed by atoms with E-state index in [0.29, 0.717) is 6.54 Å². The third kappa shape index (κ3) is 3.91. The molecule has 1 aliphatic carbocycles. The smallest absolute Gasteiger partial charge is 0.231 e. The van der Waals surface area contributed by atoms with E-state index in [1.165, 1.54) is 19.3 Å². The van der Waals surface area contributed by atoms with Crippen molar-refractivity contribution in [3.05, 3.63) is 0 Å². The minimum atomic E-state index is -0.540. The van der Waals surface area contributed by atoms with Crippen LogP contribution in [-0.2, 0) is 4.79 Å². The summed E-state index contributed by atoms with van der Waals surface area (Å²) in [6, 6.07) is 0. The van der Waals surface area contributed by atoms with E-state index in [9.17, 15) is 4.79 Å². The van der Waals surface area contributed by atoms with E-state index >= 15 is 0 Å². The maximum atomic E-state index is 11.9. The number of nitrogens with zero attached hydrogens (tertiary/aromatic N) is 1. The van der Waals surface area contributed by atoms with Crippen LogP contribution in [-0.4, -0.2) is 23.5 Å². The molecule has 0 saturated heterocycles. The first-order valence-corrected chi connectivity index (χ1v) is 6.31. The van der Waals surface area contributed by atoms with Crippen molar-refractivity contribution in [2.75, 3.05) is 6.54 Å². The summed E-state index contributed by atoms with van der Waals surface area (Å²) in [5, 5.41) is 14.4. The predicted molar refractivity (Wildman–Crippen MR) is 66.7 cm³/mol. The van der Waals surface area contributed by atoms with Crippen LogP contribution in [0.4, 0.5) is 0 Å². The zero-order chi connectivity index (χ0) is 12.8. The van der Waals surface area contributed by atoms with E-state index in [0.717, 1.165) is 12.3 Å². The normalized spacial score (nSPS) is 18.9. The number of amidine groups is 1.